The van der Waals surface area contributed by atoms with Crippen LogP contribution < -0.4 is 5.32 Å². The summed E-state index contributed by atoms with van der Waals surface area (Å²) < 4.78 is 26.3. The van der Waals surface area contributed by atoms with Gasteiger partial charge >= 0.3 is 0 Å². The second-order valence-electron chi connectivity index (χ2n) is 3.51. The Morgan fingerprint density at radius 3 is 2.75 bits per heavy atom. The number of rotatable bonds is 3. The second kappa shape index (κ2) is 4.61. The predicted octanol–water partition coefficient (Wildman–Crippen LogP) is 4.20. The Kier molecular flexibility index (Phi) is 3.19. The van der Waals surface area contributed by atoms with Crippen LogP contribution in [0.15, 0.2) is 35.7 Å². The van der Waals surface area contributed by atoms with E-state index in [4.69, 9.17) is 0 Å². The molecule has 1 unspecified atom stereocenters. The van der Waals surface area contributed by atoms with Crippen LogP contribution in [0.3, 0.4) is 0 Å². The van der Waals surface area contributed by atoms with E-state index in [1.165, 1.54) is 6.07 Å². The molecule has 4 heteroatoms. The normalized spacial score (nSPS) is 12.4. The fourth-order valence-corrected chi connectivity index (χ4v) is 2.18. The van der Waals surface area contributed by atoms with Crippen molar-refractivity contribution in [3.63, 3.8) is 0 Å². The van der Waals surface area contributed by atoms with Gasteiger partial charge in [-0.05, 0) is 36.6 Å². The van der Waals surface area contributed by atoms with Gasteiger partial charge in [0.2, 0.25) is 0 Å². The molecule has 0 fully saturated rings. The van der Waals surface area contributed by atoms with E-state index in [1.807, 2.05) is 24.4 Å². The SMILES string of the molecule is CC(Nc1cc(F)ccc1F)c1cccs1. The highest BCUT2D eigenvalue weighted by atomic mass is 32.1. The first-order valence-electron chi connectivity index (χ1n) is 4.92. The lowest BCUT2D eigenvalue weighted by Gasteiger charge is -2.14. The van der Waals surface area contributed by atoms with E-state index in [9.17, 15) is 8.78 Å². The van der Waals surface area contributed by atoms with E-state index in [-0.39, 0.29) is 11.7 Å². The van der Waals surface area contributed by atoms with Gasteiger partial charge in [-0.2, -0.15) is 0 Å². The third-order valence-corrected chi connectivity index (χ3v) is 3.33. The molecule has 2 aromatic rings. The van der Waals surface area contributed by atoms with Crippen molar-refractivity contribution in [2.75, 3.05) is 5.32 Å². The summed E-state index contributed by atoms with van der Waals surface area (Å²) >= 11 is 1.58. The van der Waals surface area contributed by atoms with Crippen LogP contribution in [0.1, 0.15) is 17.8 Å². The van der Waals surface area contributed by atoms with E-state index >= 15 is 0 Å². The van der Waals surface area contributed by atoms with Crippen molar-refractivity contribution in [1.29, 1.82) is 0 Å². The van der Waals surface area contributed by atoms with Gasteiger partial charge in [-0.1, -0.05) is 6.07 Å². The zero-order valence-electron chi connectivity index (χ0n) is 8.71. The smallest absolute Gasteiger partial charge is 0.146 e. The molecule has 0 spiro atoms. The highest BCUT2D eigenvalue weighted by Crippen LogP contribution is 2.25. The fourth-order valence-electron chi connectivity index (χ4n) is 1.45. The predicted molar refractivity (Wildman–Crippen MR) is 62.7 cm³/mol. The highest BCUT2D eigenvalue weighted by Gasteiger charge is 2.09. The summed E-state index contributed by atoms with van der Waals surface area (Å²) in [7, 11) is 0. The van der Waals surface area contributed by atoms with Crippen molar-refractivity contribution in [3.05, 3.63) is 52.2 Å². The minimum atomic E-state index is -0.442. The van der Waals surface area contributed by atoms with E-state index in [2.05, 4.69) is 5.32 Å². The largest absolute Gasteiger partial charge is 0.375 e. The third-order valence-electron chi connectivity index (χ3n) is 2.27. The summed E-state index contributed by atoms with van der Waals surface area (Å²) in [6.45, 7) is 1.91. The van der Waals surface area contributed by atoms with Crippen LogP contribution in [0.25, 0.3) is 0 Å². The van der Waals surface area contributed by atoms with Crippen LogP contribution in [0.5, 0.6) is 0 Å². The molecule has 0 amide bonds. The Bertz CT molecular complexity index is 468. The molecule has 2 rings (SSSR count). The summed E-state index contributed by atoms with van der Waals surface area (Å²) in [5, 5.41) is 4.90. The average Bonchev–Trinajstić information content (AvgIpc) is 2.76. The molecule has 0 aliphatic rings. The first kappa shape index (κ1) is 11.1. The molecule has 16 heavy (non-hydrogen) atoms. The lowest BCUT2D eigenvalue weighted by Crippen LogP contribution is -2.06. The molecule has 1 aromatic heterocycles. The Balaban J connectivity index is 2.17. The highest BCUT2D eigenvalue weighted by molar-refractivity contribution is 7.10. The van der Waals surface area contributed by atoms with E-state index in [1.54, 1.807) is 11.3 Å². The first-order valence-corrected chi connectivity index (χ1v) is 5.80. The van der Waals surface area contributed by atoms with Crippen molar-refractivity contribution in [1.82, 2.24) is 0 Å². The van der Waals surface area contributed by atoms with Crippen molar-refractivity contribution < 1.29 is 8.78 Å². The van der Waals surface area contributed by atoms with Gasteiger partial charge in [0.05, 0.1) is 11.7 Å². The third kappa shape index (κ3) is 2.39. The summed E-state index contributed by atoms with van der Waals surface area (Å²) in [4.78, 5) is 1.09. The lowest BCUT2D eigenvalue weighted by atomic mass is 10.2. The first-order chi connectivity index (χ1) is 7.66. The van der Waals surface area contributed by atoms with E-state index in [0.29, 0.717) is 0 Å². The monoisotopic (exact) mass is 239 g/mol. The van der Waals surface area contributed by atoms with E-state index < -0.39 is 11.6 Å². The van der Waals surface area contributed by atoms with Crippen LogP contribution in [0.2, 0.25) is 0 Å². The molecule has 84 valence electrons. The fraction of sp³-hybridized carbons (Fsp3) is 0.167. The zero-order chi connectivity index (χ0) is 11.5. The topological polar surface area (TPSA) is 12.0 Å². The van der Waals surface area contributed by atoms with Crippen molar-refractivity contribution in [3.8, 4) is 0 Å². The maximum absolute atomic E-state index is 13.3. The van der Waals surface area contributed by atoms with Crippen molar-refractivity contribution in [2.45, 2.75) is 13.0 Å². The molecule has 1 heterocycles. The van der Waals surface area contributed by atoms with E-state index in [0.717, 1.165) is 17.0 Å². The van der Waals surface area contributed by atoms with Crippen molar-refractivity contribution >= 4 is 17.0 Å². The number of halogens is 2. The van der Waals surface area contributed by atoms with Gasteiger partial charge < -0.3 is 5.32 Å². The number of hydrogen-bond acceptors (Lipinski definition) is 2. The minimum Gasteiger partial charge on any atom is -0.375 e. The summed E-state index contributed by atoms with van der Waals surface area (Å²) in [6.07, 6.45) is 0. The molecule has 1 aromatic carbocycles. The molecule has 0 bridgehead atoms. The molecule has 0 aliphatic carbocycles. The number of anilines is 1. The molecule has 0 radical (unpaired) electrons. The van der Waals surface area contributed by atoms with Gasteiger partial charge in [0.1, 0.15) is 11.6 Å². The number of benzene rings is 1. The van der Waals surface area contributed by atoms with Gasteiger partial charge in [-0.25, -0.2) is 8.78 Å². The van der Waals surface area contributed by atoms with Crippen LogP contribution in [-0.4, -0.2) is 0 Å². The van der Waals surface area contributed by atoms with Crippen molar-refractivity contribution in [2.24, 2.45) is 0 Å². The quantitative estimate of drug-likeness (QED) is 0.846. The number of thiophene rings is 1. The Labute approximate surface area is 96.7 Å². The Morgan fingerprint density at radius 1 is 1.25 bits per heavy atom. The average molecular weight is 239 g/mol. The number of nitrogens with one attached hydrogen (secondary N) is 1. The Hall–Kier alpha value is -1.42. The molecule has 0 saturated heterocycles. The maximum atomic E-state index is 13.3. The van der Waals surface area contributed by atoms with Gasteiger partial charge in [0.15, 0.2) is 0 Å². The minimum absolute atomic E-state index is 0.0312. The lowest BCUT2D eigenvalue weighted by molar-refractivity contribution is 0.600. The summed E-state index contributed by atoms with van der Waals surface area (Å²) in [5.41, 5.74) is 0.195. The van der Waals surface area contributed by atoms with Crippen LogP contribution >= 0.6 is 11.3 Å². The van der Waals surface area contributed by atoms with Gasteiger partial charge in [-0.3, -0.25) is 0 Å². The molecule has 1 atom stereocenters. The zero-order valence-corrected chi connectivity index (χ0v) is 9.52. The Morgan fingerprint density at radius 2 is 2.06 bits per heavy atom. The molecule has 1 nitrogen and oxygen atoms in total. The maximum Gasteiger partial charge on any atom is 0.146 e. The molecular formula is C12H11F2NS. The van der Waals surface area contributed by atoms with Gasteiger partial charge in [0.25, 0.3) is 0 Å². The van der Waals surface area contributed by atoms with Crippen LogP contribution in [0, 0.1) is 11.6 Å². The molecule has 1 N–H and O–H groups in total. The van der Waals surface area contributed by atoms with Crippen LogP contribution in [-0.2, 0) is 0 Å². The molecule has 0 saturated carbocycles. The van der Waals surface area contributed by atoms with Gasteiger partial charge in [-0.15, -0.1) is 11.3 Å². The summed E-state index contributed by atoms with van der Waals surface area (Å²) in [5.74, 6) is -0.882. The van der Waals surface area contributed by atoms with Gasteiger partial charge in [0, 0.05) is 4.88 Å². The standard InChI is InChI=1S/C12H11F2NS/c1-8(12-3-2-6-16-12)15-11-7-9(13)4-5-10(11)14/h2-8,15H,1H3. The summed E-state index contributed by atoms with van der Waals surface area (Å²) in [6, 6.07) is 7.25. The molecule has 0 aliphatic heterocycles. The van der Waals surface area contributed by atoms with Crippen LogP contribution in [0.4, 0.5) is 14.5 Å². The second-order valence-corrected chi connectivity index (χ2v) is 4.48. The number of hydrogen-bond donors (Lipinski definition) is 1. The molecular weight excluding hydrogens is 228 g/mol.